The van der Waals surface area contributed by atoms with E-state index >= 15 is 0 Å². The average molecular weight is 400 g/mol. The fourth-order valence-electron chi connectivity index (χ4n) is 3.47. The molecule has 158 valence electrons. The van der Waals surface area contributed by atoms with Gasteiger partial charge in [0.05, 0.1) is 5.56 Å². The monoisotopic (exact) mass is 399 g/mol. The van der Waals surface area contributed by atoms with Crippen molar-refractivity contribution in [3.8, 4) is 11.5 Å². The molecule has 0 saturated carbocycles. The van der Waals surface area contributed by atoms with Crippen LogP contribution in [0.3, 0.4) is 0 Å². The van der Waals surface area contributed by atoms with E-state index in [4.69, 9.17) is 5.11 Å². The molecule has 1 aliphatic rings. The number of phenolic OH excluding ortho intramolecular Hbond substituents is 2. The maximum atomic E-state index is 10.3. The second-order valence-electron chi connectivity index (χ2n) is 8.08. The molecular formula is C24H33NO4. The molecule has 1 aliphatic heterocycles. The number of benzene rings is 2. The van der Waals surface area contributed by atoms with Gasteiger partial charge in [0.2, 0.25) is 0 Å². The van der Waals surface area contributed by atoms with Gasteiger partial charge in [-0.05, 0) is 100.0 Å². The molecule has 0 radical (unpaired) electrons. The van der Waals surface area contributed by atoms with Gasteiger partial charge in [-0.15, -0.1) is 0 Å². The molecule has 2 aromatic rings. The Morgan fingerprint density at radius 1 is 0.897 bits per heavy atom. The van der Waals surface area contributed by atoms with Gasteiger partial charge in [0.15, 0.2) is 6.29 Å². The van der Waals surface area contributed by atoms with E-state index in [0.717, 1.165) is 54.7 Å². The molecule has 2 aromatic carbocycles. The van der Waals surface area contributed by atoms with Gasteiger partial charge in [0.1, 0.15) is 11.5 Å². The molecule has 0 aromatic heterocycles. The van der Waals surface area contributed by atoms with Crippen LogP contribution in [0.2, 0.25) is 0 Å². The van der Waals surface area contributed by atoms with Gasteiger partial charge in [-0.2, -0.15) is 0 Å². The highest BCUT2D eigenvalue weighted by Crippen LogP contribution is 2.25. The van der Waals surface area contributed by atoms with E-state index in [1.165, 1.54) is 5.56 Å². The molecule has 1 saturated heterocycles. The molecule has 0 amide bonds. The summed E-state index contributed by atoms with van der Waals surface area (Å²) in [4.78, 5) is 12.7. The Labute approximate surface area is 173 Å². The third-order valence-corrected chi connectivity index (χ3v) is 5.82. The number of likely N-dealkylation sites (tertiary alicyclic amines) is 1. The van der Waals surface area contributed by atoms with Crippen molar-refractivity contribution >= 4 is 6.29 Å². The molecule has 0 spiro atoms. The van der Waals surface area contributed by atoms with E-state index in [1.54, 1.807) is 12.1 Å². The quantitative estimate of drug-likeness (QED) is 0.676. The molecule has 3 rings (SSSR count). The van der Waals surface area contributed by atoms with E-state index in [0.29, 0.717) is 30.1 Å². The zero-order chi connectivity index (χ0) is 21.6. The molecule has 3 N–H and O–H groups in total. The number of aromatic hydroxyl groups is 2. The van der Waals surface area contributed by atoms with Gasteiger partial charge in [-0.25, -0.2) is 0 Å². The minimum atomic E-state index is 0.0584. The lowest BCUT2D eigenvalue weighted by Gasteiger charge is -2.31. The third kappa shape index (κ3) is 6.31. The van der Waals surface area contributed by atoms with Crippen LogP contribution < -0.4 is 0 Å². The predicted octanol–water partition coefficient (Wildman–Crippen LogP) is 4.03. The summed E-state index contributed by atoms with van der Waals surface area (Å²) >= 11 is 0. The number of carbonyl (C=O) groups excluding carboxylic acids is 1. The zero-order valence-electron chi connectivity index (χ0n) is 17.9. The highest BCUT2D eigenvalue weighted by Gasteiger charge is 2.19. The van der Waals surface area contributed by atoms with Crippen molar-refractivity contribution < 1.29 is 20.1 Å². The Balaban J connectivity index is 0.000000234. The van der Waals surface area contributed by atoms with Crippen molar-refractivity contribution in [1.82, 2.24) is 4.90 Å². The maximum absolute atomic E-state index is 10.3. The number of rotatable bonds is 4. The first-order chi connectivity index (χ1) is 13.7. The molecule has 0 aliphatic carbocycles. The van der Waals surface area contributed by atoms with Gasteiger partial charge < -0.3 is 15.3 Å². The average Bonchev–Trinajstić information content (AvgIpc) is 2.70. The molecule has 5 nitrogen and oxygen atoms in total. The maximum Gasteiger partial charge on any atom is 0.153 e. The summed E-state index contributed by atoms with van der Waals surface area (Å²) in [7, 11) is 0. The molecular weight excluding hydrogens is 366 g/mol. The Morgan fingerprint density at radius 2 is 1.41 bits per heavy atom. The van der Waals surface area contributed by atoms with Crippen molar-refractivity contribution in [3.63, 3.8) is 0 Å². The third-order valence-electron chi connectivity index (χ3n) is 5.82. The number of nitrogens with zero attached hydrogens (tertiary/aromatic N) is 1. The number of aliphatic hydroxyl groups excluding tert-OH is 1. The Morgan fingerprint density at radius 3 is 1.97 bits per heavy atom. The van der Waals surface area contributed by atoms with Crippen molar-refractivity contribution in [1.29, 1.82) is 0 Å². The summed E-state index contributed by atoms with van der Waals surface area (Å²) < 4.78 is 0. The van der Waals surface area contributed by atoms with E-state index in [9.17, 15) is 15.0 Å². The van der Waals surface area contributed by atoms with Gasteiger partial charge in [-0.3, -0.25) is 9.69 Å². The molecule has 0 bridgehead atoms. The van der Waals surface area contributed by atoms with E-state index in [-0.39, 0.29) is 5.75 Å². The van der Waals surface area contributed by atoms with Crippen LogP contribution in [0.1, 0.15) is 51.0 Å². The van der Waals surface area contributed by atoms with Crippen LogP contribution in [0, 0.1) is 33.6 Å². The standard InChI is InChI=1S/C15H23NO2.C9H10O2/c1-11-7-14(15(18)8-12(11)2)9-16-5-3-13(10-17)4-6-16;1-6-3-8(5-10)9(11)4-7(6)2/h7-8,13,17-18H,3-6,9-10H2,1-2H3;3-5,11H,1-2H3. The van der Waals surface area contributed by atoms with Gasteiger partial charge >= 0.3 is 0 Å². The smallest absolute Gasteiger partial charge is 0.153 e. The molecule has 1 heterocycles. The van der Waals surface area contributed by atoms with Crippen LogP contribution >= 0.6 is 0 Å². The lowest BCUT2D eigenvalue weighted by atomic mass is 9.97. The molecule has 29 heavy (non-hydrogen) atoms. The van der Waals surface area contributed by atoms with Gasteiger partial charge in [-0.1, -0.05) is 6.07 Å². The highest BCUT2D eigenvalue weighted by molar-refractivity contribution is 5.79. The summed E-state index contributed by atoms with van der Waals surface area (Å²) in [6.45, 7) is 11.0. The van der Waals surface area contributed by atoms with Crippen molar-refractivity contribution in [2.45, 2.75) is 47.1 Å². The topological polar surface area (TPSA) is 81.0 Å². The van der Waals surface area contributed by atoms with Gasteiger partial charge in [0.25, 0.3) is 0 Å². The number of piperidine rings is 1. The van der Waals surface area contributed by atoms with E-state index < -0.39 is 0 Å². The number of hydrogen-bond acceptors (Lipinski definition) is 5. The number of aldehydes is 1. The molecule has 0 unspecified atom stereocenters. The normalized spacial score (nSPS) is 14.9. The fourth-order valence-corrected chi connectivity index (χ4v) is 3.47. The summed E-state index contributed by atoms with van der Waals surface area (Å²) in [6.07, 6.45) is 2.77. The Kier molecular flexibility index (Phi) is 8.23. The summed E-state index contributed by atoms with van der Waals surface area (Å²) in [5.41, 5.74) is 5.75. The van der Waals surface area contributed by atoms with Crippen LogP contribution in [0.15, 0.2) is 24.3 Å². The van der Waals surface area contributed by atoms with Crippen LogP contribution in [0.5, 0.6) is 11.5 Å². The SMILES string of the molecule is Cc1cc(O)c(C=O)cc1C.Cc1cc(O)c(CN2CCC(CO)CC2)cc1C. The second-order valence-corrected chi connectivity index (χ2v) is 8.08. The first kappa shape index (κ1) is 22.9. The number of carbonyl (C=O) groups is 1. The van der Waals surface area contributed by atoms with Crippen LogP contribution in [-0.4, -0.2) is 46.2 Å². The Hall–Kier alpha value is -2.37. The largest absolute Gasteiger partial charge is 0.508 e. The predicted molar refractivity (Wildman–Crippen MR) is 116 cm³/mol. The number of aliphatic hydroxyl groups is 1. The lowest BCUT2D eigenvalue weighted by molar-refractivity contribution is 0.112. The van der Waals surface area contributed by atoms with Crippen molar-refractivity contribution in [3.05, 3.63) is 57.6 Å². The minimum absolute atomic E-state index is 0.0584. The van der Waals surface area contributed by atoms with Crippen LogP contribution in [-0.2, 0) is 6.54 Å². The summed E-state index contributed by atoms with van der Waals surface area (Å²) in [6, 6.07) is 7.21. The van der Waals surface area contributed by atoms with Crippen molar-refractivity contribution in [2.75, 3.05) is 19.7 Å². The van der Waals surface area contributed by atoms with E-state index in [1.807, 2.05) is 26.8 Å². The zero-order valence-corrected chi connectivity index (χ0v) is 17.9. The summed E-state index contributed by atoms with van der Waals surface area (Å²) in [5.74, 6) is 0.931. The number of aryl methyl sites for hydroxylation is 4. The van der Waals surface area contributed by atoms with E-state index in [2.05, 4.69) is 17.9 Å². The molecule has 1 fully saturated rings. The van der Waals surface area contributed by atoms with Crippen LogP contribution in [0.25, 0.3) is 0 Å². The number of hydrogen-bond donors (Lipinski definition) is 3. The molecule has 0 atom stereocenters. The number of phenols is 2. The second kappa shape index (κ2) is 10.4. The fraction of sp³-hybridized carbons (Fsp3) is 0.458. The lowest BCUT2D eigenvalue weighted by Crippen LogP contribution is -2.34. The Bertz CT molecular complexity index is 839. The van der Waals surface area contributed by atoms with Gasteiger partial charge in [0, 0.05) is 18.7 Å². The first-order valence-electron chi connectivity index (χ1n) is 10.1. The van der Waals surface area contributed by atoms with Crippen molar-refractivity contribution in [2.24, 2.45) is 5.92 Å². The first-order valence-corrected chi connectivity index (χ1v) is 10.1. The minimum Gasteiger partial charge on any atom is -0.508 e. The highest BCUT2D eigenvalue weighted by atomic mass is 16.3. The summed E-state index contributed by atoms with van der Waals surface area (Å²) in [5, 5.41) is 28.3. The van der Waals surface area contributed by atoms with Crippen LogP contribution in [0.4, 0.5) is 0 Å². The molecule has 5 heteroatoms.